The monoisotopic (exact) mass is 463 g/mol. The second-order valence-corrected chi connectivity index (χ2v) is 9.34. The number of anilines is 1. The maximum Gasteiger partial charge on any atom is 0.275 e. The number of alkyl halides is 2. The van der Waals surface area contributed by atoms with Gasteiger partial charge >= 0.3 is 0 Å². The predicted octanol–water partition coefficient (Wildman–Crippen LogP) is 3.44. The molecular formula is C21H19F2N3O5S. The van der Waals surface area contributed by atoms with Crippen molar-refractivity contribution < 1.29 is 31.5 Å². The third kappa shape index (κ3) is 4.57. The maximum absolute atomic E-state index is 13.3. The van der Waals surface area contributed by atoms with Crippen molar-refractivity contribution in [2.75, 3.05) is 11.6 Å². The molecule has 1 N–H and O–H groups in total. The molecule has 0 fully saturated rings. The molecule has 0 aliphatic carbocycles. The van der Waals surface area contributed by atoms with E-state index in [-0.39, 0.29) is 34.1 Å². The number of amides is 1. The predicted molar refractivity (Wildman–Crippen MR) is 111 cm³/mol. The van der Waals surface area contributed by atoms with Crippen LogP contribution in [-0.4, -0.2) is 42.9 Å². The summed E-state index contributed by atoms with van der Waals surface area (Å²) in [5, 5.41) is 6.70. The van der Waals surface area contributed by atoms with Crippen LogP contribution >= 0.6 is 0 Å². The van der Waals surface area contributed by atoms with Gasteiger partial charge in [-0.05, 0) is 36.4 Å². The van der Waals surface area contributed by atoms with Crippen molar-refractivity contribution >= 4 is 21.6 Å². The summed E-state index contributed by atoms with van der Waals surface area (Å²) in [5.41, 5.74) is 0.531. The number of rotatable bonds is 6. The molecule has 0 radical (unpaired) electrons. The summed E-state index contributed by atoms with van der Waals surface area (Å²) in [6.45, 7) is 0. The van der Waals surface area contributed by atoms with Crippen LogP contribution < -0.4 is 14.8 Å². The minimum absolute atomic E-state index is 0.0914. The number of carbonyl (C=O) groups excluding carboxylic acids is 1. The molecule has 0 spiro atoms. The second-order valence-electron chi connectivity index (χ2n) is 7.32. The Labute approximate surface area is 182 Å². The van der Waals surface area contributed by atoms with E-state index in [1.54, 1.807) is 19.3 Å². The Morgan fingerprint density at radius 2 is 1.97 bits per heavy atom. The average Bonchev–Trinajstić information content (AvgIpc) is 3.34. The number of nitrogens with zero attached hydrogens (tertiary/aromatic N) is 2. The fourth-order valence-corrected chi connectivity index (χ4v) is 3.88. The van der Waals surface area contributed by atoms with Crippen molar-refractivity contribution in [3.05, 3.63) is 59.8 Å². The number of halogens is 2. The van der Waals surface area contributed by atoms with Crippen molar-refractivity contribution in [3.8, 4) is 17.2 Å². The molecule has 11 heteroatoms. The van der Waals surface area contributed by atoms with Crippen LogP contribution in [0, 0.1) is 0 Å². The van der Waals surface area contributed by atoms with E-state index < -0.39 is 28.3 Å². The van der Waals surface area contributed by atoms with E-state index in [0.29, 0.717) is 11.4 Å². The van der Waals surface area contributed by atoms with Crippen molar-refractivity contribution in [1.82, 2.24) is 9.78 Å². The van der Waals surface area contributed by atoms with E-state index in [9.17, 15) is 22.0 Å². The summed E-state index contributed by atoms with van der Waals surface area (Å²) >= 11 is 0. The van der Waals surface area contributed by atoms with E-state index in [4.69, 9.17) is 9.47 Å². The SMILES string of the molecule is Cn1ccc(NC(=O)c2cc(Oc3ccc(S(C)(=O)=O)cc3)c3c(c2)OC(C(F)F)C3)n1. The number of carbonyl (C=O) groups is 1. The first-order valence-corrected chi connectivity index (χ1v) is 11.4. The summed E-state index contributed by atoms with van der Waals surface area (Å²) in [6.07, 6.45) is -1.42. The van der Waals surface area contributed by atoms with Crippen LogP contribution in [0.5, 0.6) is 17.2 Å². The van der Waals surface area contributed by atoms with Gasteiger partial charge in [-0.2, -0.15) is 5.10 Å². The molecule has 1 unspecified atom stereocenters. The third-order valence-electron chi connectivity index (χ3n) is 4.83. The fraction of sp³-hybridized carbons (Fsp3) is 0.238. The molecule has 2 aromatic carbocycles. The van der Waals surface area contributed by atoms with E-state index in [0.717, 1.165) is 6.26 Å². The molecule has 3 aromatic rings. The highest BCUT2D eigenvalue weighted by Gasteiger charge is 2.34. The zero-order valence-corrected chi connectivity index (χ0v) is 17.9. The van der Waals surface area contributed by atoms with Gasteiger partial charge in [-0.1, -0.05) is 0 Å². The zero-order valence-electron chi connectivity index (χ0n) is 17.1. The highest BCUT2D eigenvalue weighted by Crippen LogP contribution is 2.41. The molecule has 1 aliphatic heterocycles. The van der Waals surface area contributed by atoms with Gasteiger partial charge in [0.2, 0.25) is 0 Å². The van der Waals surface area contributed by atoms with E-state index in [2.05, 4.69) is 10.4 Å². The normalized spacial score (nSPS) is 15.3. The Morgan fingerprint density at radius 1 is 1.25 bits per heavy atom. The Morgan fingerprint density at radius 3 is 2.56 bits per heavy atom. The first-order chi connectivity index (χ1) is 15.1. The number of aryl methyl sites for hydroxylation is 1. The molecule has 32 heavy (non-hydrogen) atoms. The van der Waals surface area contributed by atoms with Crippen LogP contribution in [-0.2, 0) is 23.3 Å². The Kier molecular flexibility index (Phi) is 5.59. The van der Waals surface area contributed by atoms with Gasteiger partial charge in [-0.15, -0.1) is 0 Å². The number of sulfone groups is 1. The molecule has 1 atom stereocenters. The Balaban J connectivity index is 1.66. The minimum Gasteiger partial charge on any atom is -0.484 e. The molecule has 1 amide bonds. The van der Waals surface area contributed by atoms with Crippen molar-refractivity contribution in [3.63, 3.8) is 0 Å². The second kappa shape index (κ2) is 8.23. The van der Waals surface area contributed by atoms with Gasteiger partial charge in [0, 0.05) is 43.1 Å². The molecule has 8 nitrogen and oxygen atoms in total. The van der Waals surface area contributed by atoms with E-state index in [1.807, 2.05) is 0 Å². The van der Waals surface area contributed by atoms with Gasteiger partial charge in [-0.25, -0.2) is 17.2 Å². The van der Waals surface area contributed by atoms with Gasteiger partial charge in [0.1, 0.15) is 17.2 Å². The Bertz CT molecular complexity index is 1270. The van der Waals surface area contributed by atoms with Crippen LogP contribution in [0.3, 0.4) is 0 Å². The van der Waals surface area contributed by atoms with Crippen LogP contribution in [0.2, 0.25) is 0 Å². The molecule has 0 saturated heterocycles. The highest BCUT2D eigenvalue weighted by atomic mass is 32.2. The molecular weight excluding hydrogens is 444 g/mol. The lowest BCUT2D eigenvalue weighted by atomic mass is 10.1. The molecule has 1 aliphatic rings. The molecule has 2 heterocycles. The number of nitrogens with one attached hydrogen (secondary N) is 1. The van der Waals surface area contributed by atoms with Gasteiger partial charge in [-0.3, -0.25) is 9.48 Å². The molecule has 1 aromatic heterocycles. The van der Waals surface area contributed by atoms with Crippen molar-refractivity contribution in [1.29, 1.82) is 0 Å². The van der Waals surface area contributed by atoms with Gasteiger partial charge in [0.15, 0.2) is 21.8 Å². The minimum atomic E-state index is -3.38. The lowest BCUT2D eigenvalue weighted by Crippen LogP contribution is -2.22. The quantitative estimate of drug-likeness (QED) is 0.601. The number of aromatic nitrogens is 2. The zero-order chi connectivity index (χ0) is 23.0. The van der Waals surface area contributed by atoms with Crippen molar-refractivity contribution in [2.24, 2.45) is 7.05 Å². The van der Waals surface area contributed by atoms with Crippen LogP contribution in [0.1, 0.15) is 15.9 Å². The molecule has 0 saturated carbocycles. The summed E-state index contributed by atoms with van der Waals surface area (Å²) in [7, 11) is -1.69. The summed E-state index contributed by atoms with van der Waals surface area (Å²) < 4.78 is 62.5. The summed E-state index contributed by atoms with van der Waals surface area (Å²) in [4.78, 5) is 12.8. The molecule has 168 valence electrons. The van der Waals surface area contributed by atoms with Gasteiger partial charge in [0.05, 0.1) is 4.90 Å². The smallest absolute Gasteiger partial charge is 0.275 e. The Hall–Kier alpha value is -3.47. The topological polar surface area (TPSA) is 99.5 Å². The first-order valence-electron chi connectivity index (χ1n) is 9.51. The first kappa shape index (κ1) is 21.8. The number of hydrogen-bond donors (Lipinski definition) is 1. The fourth-order valence-electron chi connectivity index (χ4n) is 3.25. The van der Waals surface area contributed by atoms with E-state index in [1.165, 1.54) is 41.1 Å². The van der Waals surface area contributed by atoms with E-state index >= 15 is 0 Å². The standard InChI is InChI=1S/C21H19F2N3O5S/c1-26-8-7-19(25-26)24-21(27)12-9-16(15-11-18(20(22)23)31-17(15)10-12)30-13-3-5-14(6-4-13)32(2,28)29/h3-10,18,20H,11H2,1-2H3,(H,24,25,27). The van der Waals surface area contributed by atoms with Gasteiger partial charge in [0.25, 0.3) is 12.3 Å². The largest absolute Gasteiger partial charge is 0.484 e. The lowest BCUT2D eigenvalue weighted by molar-refractivity contribution is 0.0245. The van der Waals surface area contributed by atoms with Gasteiger partial charge < -0.3 is 14.8 Å². The highest BCUT2D eigenvalue weighted by molar-refractivity contribution is 7.90. The van der Waals surface area contributed by atoms with Crippen LogP contribution in [0.4, 0.5) is 14.6 Å². The molecule has 4 rings (SSSR count). The maximum atomic E-state index is 13.3. The number of ether oxygens (including phenoxy) is 2. The number of benzene rings is 2. The summed E-state index contributed by atoms with van der Waals surface area (Å²) in [6, 6.07) is 10.1. The summed E-state index contributed by atoms with van der Waals surface area (Å²) in [5.74, 6) is 0.383. The third-order valence-corrected chi connectivity index (χ3v) is 5.96. The average molecular weight is 463 g/mol. The number of hydrogen-bond acceptors (Lipinski definition) is 6. The van der Waals surface area contributed by atoms with Crippen LogP contribution in [0.25, 0.3) is 0 Å². The molecule has 0 bridgehead atoms. The lowest BCUT2D eigenvalue weighted by Gasteiger charge is -2.12. The number of fused-ring (bicyclic) bond motifs is 1. The van der Waals surface area contributed by atoms with Crippen molar-refractivity contribution in [2.45, 2.75) is 23.8 Å². The van der Waals surface area contributed by atoms with Crippen LogP contribution in [0.15, 0.2) is 53.6 Å².